The minimum absolute atomic E-state index is 0.0450. The number of carbonyl (C=O) groups is 3. The van der Waals surface area contributed by atoms with Crippen LogP contribution in [0, 0.1) is 5.92 Å². The molecule has 2 aliphatic rings. The zero-order valence-electron chi connectivity index (χ0n) is 19.7. The summed E-state index contributed by atoms with van der Waals surface area (Å²) >= 11 is 0. The number of nitrogens with zero attached hydrogens (tertiary/aromatic N) is 1. The highest BCUT2D eigenvalue weighted by Gasteiger charge is 2.44. The Balaban J connectivity index is 1.78. The summed E-state index contributed by atoms with van der Waals surface area (Å²) in [6.07, 6.45) is 0.860. The Morgan fingerprint density at radius 2 is 1.71 bits per heavy atom. The van der Waals surface area contributed by atoms with Gasteiger partial charge in [-0.3, -0.25) is 19.4 Å². The molecular weight excluding hydrogens is 434 g/mol. The van der Waals surface area contributed by atoms with Gasteiger partial charge in [0.15, 0.2) is 5.78 Å². The molecule has 3 unspecified atom stereocenters. The molecule has 4 rings (SSSR count). The van der Waals surface area contributed by atoms with Gasteiger partial charge in [0.05, 0.1) is 14.2 Å². The zero-order valence-corrected chi connectivity index (χ0v) is 19.7. The van der Waals surface area contributed by atoms with Gasteiger partial charge >= 0.3 is 11.9 Å². The number of hydrogen-bond acceptors (Lipinski definition) is 7. The maximum absolute atomic E-state index is 13.6. The molecule has 1 aliphatic heterocycles. The number of esters is 2. The summed E-state index contributed by atoms with van der Waals surface area (Å²) in [7, 11) is 2.95. The predicted molar refractivity (Wildman–Crippen MR) is 126 cm³/mol. The number of benzene rings is 2. The van der Waals surface area contributed by atoms with Gasteiger partial charge in [0.2, 0.25) is 0 Å². The SMILES string of the molecule is COC(=O)C1C(C)=NC2=C(C(=O)CC(c3ccccc3OC)C2)C1c1ccc(OC(C)=O)cc1. The van der Waals surface area contributed by atoms with Gasteiger partial charge in [-0.25, -0.2) is 0 Å². The fraction of sp³-hybridized carbons (Fsp3) is 0.333. The van der Waals surface area contributed by atoms with Gasteiger partial charge in [-0.15, -0.1) is 0 Å². The molecule has 1 aliphatic carbocycles. The van der Waals surface area contributed by atoms with Crippen molar-refractivity contribution in [3.8, 4) is 11.5 Å². The van der Waals surface area contributed by atoms with Crippen LogP contribution in [0.3, 0.4) is 0 Å². The smallest absolute Gasteiger partial charge is 0.315 e. The van der Waals surface area contributed by atoms with Gasteiger partial charge in [0.25, 0.3) is 0 Å². The molecule has 7 heteroatoms. The maximum atomic E-state index is 13.6. The molecule has 2 aromatic carbocycles. The summed E-state index contributed by atoms with van der Waals surface area (Å²) in [4.78, 5) is 42.4. The van der Waals surface area contributed by atoms with E-state index in [0.717, 1.165) is 16.9 Å². The first-order valence-electron chi connectivity index (χ1n) is 11.1. The third kappa shape index (κ3) is 4.38. The molecule has 1 heterocycles. The van der Waals surface area contributed by atoms with Crippen LogP contribution in [0.2, 0.25) is 0 Å². The summed E-state index contributed by atoms with van der Waals surface area (Å²) in [5, 5.41) is 0. The Bertz CT molecular complexity index is 1190. The second-order valence-electron chi connectivity index (χ2n) is 8.53. The van der Waals surface area contributed by atoms with Crippen molar-refractivity contribution >= 4 is 23.4 Å². The number of carbonyl (C=O) groups excluding carboxylic acids is 3. The predicted octanol–water partition coefficient (Wildman–Crippen LogP) is 4.37. The number of ether oxygens (including phenoxy) is 3. The average Bonchev–Trinajstić information content (AvgIpc) is 2.82. The highest BCUT2D eigenvalue weighted by molar-refractivity contribution is 6.09. The van der Waals surface area contributed by atoms with Crippen molar-refractivity contribution in [2.24, 2.45) is 10.9 Å². The van der Waals surface area contributed by atoms with Gasteiger partial charge in [0, 0.05) is 42.2 Å². The first-order chi connectivity index (χ1) is 16.3. The molecule has 0 radical (unpaired) electrons. The van der Waals surface area contributed by atoms with Gasteiger partial charge in [-0.2, -0.15) is 0 Å². The van der Waals surface area contributed by atoms with Crippen LogP contribution in [0.5, 0.6) is 11.5 Å². The highest BCUT2D eigenvalue weighted by atomic mass is 16.5. The van der Waals surface area contributed by atoms with Crippen molar-refractivity contribution in [2.75, 3.05) is 14.2 Å². The van der Waals surface area contributed by atoms with Gasteiger partial charge in [-0.05, 0) is 42.7 Å². The molecule has 0 amide bonds. The number of hydrogen-bond donors (Lipinski definition) is 0. The largest absolute Gasteiger partial charge is 0.496 e. The van der Waals surface area contributed by atoms with Crippen LogP contribution in [0.1, 0.15) is 49.7 Å². The lowest BCUT2D eigenvalue weighted by Gasteiger charge is -2.36. The summed E-state index contributed by atoms with van der Waals surface area (Å²) in [5.41, 5.74) is 3.58. The monoisotopic (exact) mass is 461 g/mol. The van der Waals surface area contributed by atoms with E-state index in [1.807, 2.05) is 24.3 Å². The molecule has 0 N–H and O–H groups in total. The number of para-hydroxylation sites is 1. The van der Waals surface area contributed by atoms with Gasteiger partial charge in [0.1, 0.15) is 17.4 Å². The number of methoxy groups -OCH3 is 2. The number of Topliss-reactive ketones (excluding diaryl/α,β-unsaturated/α-hetero) is 1. The van der Waals surface area contributed by atoms with E-state index in [2.05, 4.69) is 0 Å². The van der Waals surface area contributed by atoms with E-state index < -0.39 is 23.8 Å². The van der Waals surface area contributed by atoms with Crippen molar-refractivity contribution in [1.29, 1.82) is 0 Å². The number of ketones is 1. The van der Waals surface area contributed by atoms with Crippen LogP contribution in [-0.2, 0) is 19.1 Å². The Hall–Kier alpha value is -3.74. The van der Waals surface area contributed by atoms with Gasteiger partial charge < -0.3 is 14.2 Å². The quantitative estimate of drug-likeness (QED) is 0.485. The van der Waals surface area contributed by atoms with E-state index >= 15 is 0 Å². The molecule has 2 aromatic rings. The molecule has 3 atom stereocenters. The summed E-state index contributed by atoms with van der Waals surface area (Å²) in [5.74, 6) is -1.08. The average molecular weight is 462 g/mol. The number of aliphatic imine (C=N–C) groups is 1. The van der Waals surface area contributed by atoms with Crippen LogP contribution >= 0.6 is 0 Å². The lowest BCUT2D eigenvalue weighted by atomic mass is 9.69. The molecule has 7 nitrogen and oxygen atoms in total. The summed E-state index contributed by atoms with van der Waals surface area (Å²) in [6.45, 7) is 3.13. The van der Waals surface area contributed by atoms with E-state index in [-0.39, 0.29) is 11.7 Å². The molecule has 0 fully saturated rings. The molecule has 0 aromatic heterocycles. The lowest BCUT2D eigenvalue weighted by Crippen LogP contribution is -2.37. The van der Waals surface area contributed by atoms with Crippen LogP contribution in [0.15, 0.2) is 64.8 Å². The van der Waals surface area contributed by atoms with E-state index in [4.69, 9.17) is 19.2 Å². The fourth-order valence-corrected chi connectivity index (χ4v) is 4.98. The van der Waals surface area contributed by atoms with E-state index in [1.54, 1.807) is 38.3 Å². The van der Waals surface area contributed by atoms with Crippen LogP contribution in [-0.4, -0.2) is 37.7 Å². The Kier molecular flexibility index (Phi) is 6.63. The Morgan fingerprint density at radius 3 is 2.35 bits per heavy atom. The minimum atomic E-state index is -0.713. The Morgan fingerprint density at radius 1 is 1.00 bits per heavy atom. The first kappa shape index (κ1) is 23.4. The van der Waals surface area contributed by atoms with Crippen LogP contribution < -0.4 is 9.47 Å². The lowest BCUT2D eigenvalue weighted by molar-refractivity contribution is -0.143. The molecule has 34 heavy (non-hydrogen) atoms. The van der Waals surface area contributed by atoms with Crippen LogP contribution in [0.25, 0.3) is 0 Å². The van der Waals surface area contributed by atoms with Gasteiger partial charge in [-0.1, -0.05) is 30.3 Å². The molecule has 176 valence electrons. The molecular formula is C27H27NO6. The summed E-state index contributed by atoms with van der Waals surface area (Å²) < 4.78 is 15.7. The normalized spacial score (nSPS) is 21.9. The number of allylic oxidation sites excluding steroid dienone is 2. The molecule has 0 bridgehead atoms. The minimum Gasteiger partial charge on any atom is -0.496 e. The molecule has 0 spiro atoms. The van der Waals surface area contributed by atoms with Crippen molar-refractivity contribution in [3.05, 3.63) is 70.9 Å². The molecule has 0 saturated carbocycles. The zero-order chi connectivity index (χ0) is 24.4. The Labute approximate surface area is 198 Å². The van der Waals surface area contributed by atoms with Crippen molar-refractivity contribution in [1.82, 2.24) is 0 Å². The van der Waals surface area contributed by atoms with Crippen LogP contribution in [0.4, 0.5) is 0 Å². The third-order valence-electron chi connectivity index (χ3n) is 6.42. The standard InChI is InChI=1S/C27H27NO6/c1-15-24(27(31)33-4)25(17-9-11-19(12-10-17)34-16(2)29)26-21(28-15)13-18(14-22(26)30)20-7-5-6-8-23(20)32-3/h5-12,18,24-25H,13-14H2,1-4H3. The number of rotatable bonds is 5. The van der Waals surface area contributed by atoms with Crippen molar-refractivity contribution < 1.29 is 28.6 Å². The fourth-order valence-electron chi connectivity index (χ4n) is 4.98. The molecule has 0 saturated heterocycles. The summed E-state index contributed by atoms with van der Waals surface area (Å²) in [6, 6.07) is 14.6. The maximum Gasteiger partial charge on any atom is 0.315 e. The van der Waals surface area contributed by atoms with E-state index in [1.165, 1.54) is 14.0 Å². The third-order valence-corrected chi connectivity index (χ3v) is 6.42. The second-order valence-corrected chi connectivity index (χ2v) is 8.53. The highest BCUT2D eigenvalue weighted by Crippen LogP contribution is 2.48. The topological polar surface area (TPSA) is 91.3 Å². The second kappa shape index (κ2) is 9.63. The van der Waals surface area contributed by atoms with Crippen molar-refractivity contribution in [2.45, 2.75) is 38.5 Å². The van der Waals surface area contributed by atoms with E-state index in [0.29, 0.717) is 35.6 Å². The van der Waals surface area contributed by atoms with E-state index in [9.17, 15) is 14.4 Å². The van der Waals surface area contributed by atoms with Crippen molar-refractivity contribution in [3.63, 3.8) is 0 Å². The first-order valence-corrected chi connectivity index (χ1v) is 11.1.